The minimum atomic E-state index is -1.51. The van der Waals surface area contributed by atoms with E-state index in [1.807, 2.05) is 0 Å². The lowest BCUT2D eigenvalue weighted by atomic mass is 9.69. The van der Waals surface area contributed by atoms with Gasteiger partial charge in [0.05, 0.1) is 12.6 Å². The number of primary amides is 2. The van der Waals surface area contributed by atoms with Crippen molar-refractivity contribution >= 4 is 23.7 Å². The molecule has 6 N–H and O–H groups in total. The maximum absolute atomic E-state index is 13.1. The molecule has 1 heterocycles. The molecule has 0 saturated carbocycles. The van der Waals surface area contributed by atoms with E-state index >= 15 is 0 Å². The maximum Gasteiger partial charge on any atom is 0.318 e. The van der Waals surface area contributed by atoms with Crippen LogP contribution in [0.15, 0.2) is 36.4 Å². The molecule has 0 spiro atoms. The van der Waals surface area contributed by atoms with Crippen LogP contribution in [0.2, 0.25) is 0 Å². The van der Waals surface area contributed by atoms with Crippen LogP contribution in [0.1, 0.15) is 62.2 Å². The number of carboxylic acid groups (broad SMARTS) is 1. The molecule has 2 aliphatic rings. The first kappa shape index (κ1) is 25.9. The van der Waals surface area contributed by atoms with Crippen LogP contribution in [0, 0.1) is 11.3 Å². The summed E-state index contributed by atoms with van der Waals surface area (Å²) in [5.74, 6) is -2.52. The normalized spacial score (nSPS) is 17.7. The summed E-state index contributed by atoms with van der Waals surface area (Å²) in [5.41, 5.74) is 12.4. The van der Waals surface area contributed by atoms with Crippen molar-refractivity contribution in [3.8, 4) is 6.07 Å². The van der Waals surface area contributed by atoms with Crippen LogP contribution in [0.3, 0.4) is 0 Å². The molecular weight excluding hydrogens is 474 g/mol. The second-order valence-electron chi connectivity index (χ2n) is 9.48. The Morgan fingerprint density at radius 1 is 1.03 bits per heavy atom. The number of hydrogen-bond donors (Lipinski definition) is 4. The second kappa shape index (κ2) is 10.4. The van der Waals surface area contributed by atoms with E-state index in [0.717, 1.165) is 6.42 Å². The van der Waals surface area contributed by atoms with Gasteiger partial charge in [-0.15, -0.1) is 0 Å². The Bertz CT molecular complexity index is 1250. The summed E-state index contributed by atoms with van der Waals surface area (Å²) in [6.45, 7) is 0.703. The third kappa shape index (κ3) is 4.78. The number of aryl methyl sites for hydroxylation is 2. The molecule has 4 rings (SSSR count). The summed E-state index contributed by atoms with van der Waals surface area (Å²) in [7, 11) is 0. The van der Waals surface area contributed by atoms with Gasteiger partial charge in [-0.25, -0.2) is 0 Å². The fourth-order valence-electron chi connectivity index (χ4n) is 5.53. The van der Waals surface area contributed by atoms with Gasteiger partial charge in [0, 0.05) is 17.7 Å². The Kier molecular flexibility index (Phi) is 7.27. The maximum atomic E-state index is 13.1. The number of carboxylic acids is 1. The molecule has 2 aromatic carbocycles. The molecule has 37 heavy (non-hydrogen) atoms. The van der Waals surface area contributed by atoms with Crippen LogP contribution in [-0.2, 0) is 27.8 Å². The predicted molar refractivity (Wildman–Crippen MR) is 134 cm³/mol. The standard InChI is InChI=1S/C27H29N5O5/c28-14-20-2-1-11-32(20)23(33)15-31-10-9-27(26(36)37)21-7-5-18(24(29)34)12-16(21)3-4-17-13-19(25(30)35)6-8-22(17)27/h5-8,12-13,20,31H,1-4,9-11,15H2,(H2,29,34)(H2,30,35)(H,36,37). The zero-order chi connectivity index (χ0) is 26.7. The lowest BCUT2D eigenvalue weighted by Crippen LogP contribution is -2.44. The van der Waals surface area contributed by atoms with Crippen molar-refractivity contribution in [3.05, 3.63) is 69.8 Å². The highest BCUT2D eigenvalue weighted by Crippen LogP contribution is 2.43. The average Bonchev–Trinajstić information content (AvgIpc) is 3.31. The first-order chi connectivity index (χ1) is 17.7. The average molecular weight is 504 g/mol. The van der Waals surface area contributed by atoms with Gasteiger partial charge >= 0.3 is 5.97 Å². The highest BCUT2D eigenvalue weighted by molar-refractivity contribution is 5.95. The molecule has 1 aliphatic heterocycles. The van der Waals surface area contributed by atoms with Crippen molar-refractivity contribution in [2.24, 2.45) is 11.5 Å². The van der Waals surface area contributed by atoms with Crippen molar-refractivity contribution in [2.45, 2.75) is 43.6 Å². The summed E-state index contributed by atoms with van der Waals surface area (Å²) in [5, 5.41) is 23.0. The molecule has 0 bridgehead atoms. The van der Waals surface area contributed by atoms with Crippen molar-refractivity contribution in [3.63, 3.8) is 0 Å². The van der Waals surface area contributed by atoms with Crippen LogP contribution < -0.4 is 16.8 Å². The topological polar surface area (TPSA) is 180 Å². The zero-order valence-corrected chi connectivity index (χ0v) is 20.3. The van der Waals surface area contributed by atoms with E-state index in [1.165, 1.54) is 12.1 Å². The number of aliphatic carboxylic acids is 1. The van der Waals surface area contributed by atoms with Gasteiger partial charge in [0.2, 0.25) is 17.7 Å². The monoisotopic (exact) mass is 503 g/mol. The Balaban J connectivity index is 1.69. The van der Waals surface area contributed by atoms with Gasteiger partial charge < -0.3 is 26.8 Å². The number of rotatable bonds is 8. The third-order valence-corrected chi connectivity index (χ3v) is 7.40. The summed E-state index contributed by atoms with van der Waals surface area (Å²) in [4.78, 5) is 50.9. The summed E-state index contributed by atoms with van der Waals surface area (Å²) in [6.07, 6.45) is 2.41. The molecule has 1 unspecified atom stereocenters. The van der Waals surface area contributed by atoms with Crippen molar-refractivity contribution in [1.29, 1.82) is 5.26 Å². The Hall–Kier alpha value is -4.23. The first-order valence-electron chi connectivity index (χ1n) is 12.2. The molecule has 10 heteroatoms. The number of nitrogens with two attached hydrogens (primary N) is 2. The molecule has 2 aromatic rings. The lowest BCUT2D eigenvalue weighted by molar-refractivity contribution is -0.142. The molecule has 192 valence electrons. The van der Waals surface area contributed by atoms with Crippen molar-refractivity contribution in [2.75, 3.05) is 19.6 Å². The number of carbonyl (C=O) groups is 4. The molecule has 1 aliphatic carbocycles. The van der Waals surface area contributed by atoms with Crippen LogP contribution in [-0.4, -0.2) is 59.4 Å². The number of carbonyl (C=O) groups excluding carboxylic acids is 3. The number of benzene rings is 2. The lowest BCUT2D eigenvalue weighted by Gasteiger charge is -2.33. The van der Waals surface area contributed by atoms with Gasteiger partial charge in [0.25, 0.3) is 0 Å². The smallest absolute Gasteiger partial charge is 0.318 e. The second-order valence-corrected chi connectivity index (χ2v) is 9.48. The van der Waals surface area contributed by atoms with E-state index in [-0.39, 0.29) is 36.5 Å². The van der Waals surface area contributed by atoms with Gasteiger partial charge in [0.15, 0.2) is 0 Å². The van der Waals surface area contributed by atoms with Gasteiger partial charge in [-0.1, -0.05) is 12.1 Å². The van der Waals surface area contributed by atoms with Crippen LogP contribution >= 0.6 is 0 Å². The van der Waals surface area contributed by atoms with Crippen LogP contribution in [0.25, 0.3) is 0 Å². The fourth-order valence-corrected chi connectivity index (χ4v) is 5.53. The molecular formula is C27H29N5O5. The largest absolute Gasteiger partial charge is 0.480 e. The Labute approximate surface area is 214 Å². The van der Waals surface area contributed by atoms with E-state index in [0.29, 0.717) is 48.1 Å². The van der Waals surface area contributed by atoms with Gasteiger partial charge in [-0.3, -0.25) is 19.2 Å². The first-order valence-corrected chi connectivity index (χ1v) is 12.2. The number of likely N-dealkylation sites (tertiary alicyclic amines) is 1. The molecule has 1 saturated heterocycles. The Morgan fingerprint density at radius 3 is 2.08 bits per heavy atom. The highest BCUT2D eigenvalue weighted by atomic mass is 16.4. The van der Waals surface area contributed by atoms with Gasteiger partial charge in [-0.2, -0.15) is 5.26 Å². The number of nitrogens with zero attached hydrogens (tertiary/aromatic N) is 2. The predicted octanol–water partition coefficient (Wildman–Crippen LogP) is 0.848. The highest BCUT2D eigenvalue weighted by Gasteiger charge is 2.46. The number of hydrogen-bond acceptors (Lipinski definition) is 6. The Morgan fingerprint density at radius 2 is 1.59 bits per heavy atom. The van der Waals surface area contributed by atoms with E-state index in [4.69, 9.17) is 11.5 Å². The minimum absolute atomic E-state index is 0.0190. The molecule has 0 radical (unpaired) electrons. The summed E-state index contributed by atoms with van der Waals surface area (Å²) >= 11 is 0. The minimum Gasteiger partial charge on any atom is -0.480 e. The quantitative estimate of drug-likeness (QED) is 0.385. The van der Waals surface area contributed by atoms with Gasteiger partial charge in [-0.05, 0) is 85.2 Å². The molecule has 10 nitrogen and oxygen atoms in total. The van der Waals surface area contributed by atoms with E-state index in [9.17, 15) is 29.5 Å². The van der Waals surface area contributed by atoms with Crippen molar-refractivity contribution < 1.29 is 24.3 Å². The molecule has 3 amide bonds. The summed E-state index contributed by atoms with van der Waals surface area (Å²) < 4.78 is 0. The molecule has 0 aromatic heterocycles. The third-order valence-electron chi connectivity index (χ3n) is 7.40. The van der Waals surface area contributed by atoms with E-state index in [1.54, 1.807) is 29.2 Å². The van der Waals surface area contributed by atoms with Crippen LogP contribution in [0.4, 0.5) is 0 Å². The number of nitriles is 1. The zero-order valence-electron chi connectivity index (χ0n) is 20.3. The van der Waals surface area contributed by atoms with Gasteiger partial charge in [0.1, 0.15) is 11.5 Å². The molecule has 1 fully saturated rings. The summed E-state index contributed by atoms with van der Waals surface area (Å²) in [6, 6.07) is 11.3. The number of fused-ring (bicyclic) bond motifs is 2. The van der Waals surface area contributed by atoms with E-state index in [2.05, 4.69) is 11.4 Å². The number of nitrogens with one attached hydrogen (secondary N) is 1. The van der Waals surface area contributed by atoms with Crippen molar-refractivity contribution in [1.82, 2.24) is 10.2 Å². The fraction of sp³-hybridized carbons (Fsp3) is 0.370. The number of amides is 3. The molecule has 1 atom stereocenters. The van der Waals surface area contributed by atoms with Crippen LogP contribution in [0.5, 0.6) is 0 Å². The SMILES string of the molecule is N#CC1CCCN1C(=O)CNCCC1(C(=O)O)c2ccc(C(N)=O)cc2CCc2cc(C(N)=O)ccc21. The van der Waals surface area contributed by atoms with E-state index < -0.39 is 29.2 Å².